The van der Waals surface area contributed by atoms with Gasteiger partial charge in [0.2, 0.25) is 15.9 Å². The average molecular weight is 456 g/mol. The van der Waals surface area contributed by atoms with Crippen LogP contribution in [0.5, 0.6) is 5.75 Å². The van der Waals surface area contributed by atoms with E-state index in [1.54, 1.807) is 4.90 Å². The van der Waals surface area contributed by atoms with Crippen molar-refractivity contribution in [2.24, 2.45) is 0 Å². The summed E-state index contributed by atoms with van der Waals surface area (Å²) in [5.41, 5.74) is 0.0619. The molecule has 1 fully saturated rings. The summed E-state index contributed by atoms with van der Waals surface area (Å²) in [5, 5.41) is 0. The molecule has 0 unspecified atom stereocenters. The molecule has 6 nitrogen and oxygen atoms in total. The molecule has 10 heteroatoms. The van der Waals surface area contributed by atoms with Gasteiger partial charge in [-0.15, -0.1) is 0 Å². The van der Waals surface area contributed by atoms with Crippen LogP contribution >= 0.6 is 0 Å². The quantitative estimate of drug-likeness (QED) is 0.669. The zero-order valence-electron chi connectivity index (χ0n) is 16.9. The number of hydrogen-bond donors (Lipinski definition) is 0. The van der Waals surface area contributed by atoms with Gasteiger partial charge in [-0.05, 0) is 42.8 Å². The van der Waals surface area contributed by atoms with Gasteiger partial charge in [0.1, 0.15) is 5.75 Å². The van der Waals surface area contributed by atoms with Gasteiger partial charge in [-0.1, -0.05) is 18.2 Å². The fourth-order valence-electron chi connectivity index (χ4n) is 3.27. The molecule has 1 aliphatic rings. The molecule has 3 rings (SSSR count). The lowest BCUT2D eigenvalue weighted by Gasteiger charge is -2.34. The fraction of sp³-hybridized carbons (Fsp3) is 0.381. The summed E-state index contributed by atoms with van der Waals surface area (Å²) in [4.78, 5) is 13.8. The first-order chi connectivity index (χ1) is 14.6. The first kappa shape index (κ1) is 23.1. The Hall–Kier alpha value is -2.59. The Morgan fingerprint density at radius 2 is 1.61 bits per heavy atom. The number of amides is 1. The standard InChI is InChI=1S/C21H23F3N2O4S/c1-16-4-2-3-5-19(16)30-15-10-20(27)25-11-13-26(14-12-25)31(28,29)18-8-6-17(7-9-18)21(22,23)24/h2-9H,10-15H2,1H3. The van der Waals surface area contributed by atoms with Crippen LogP contribution < -0.4 is 4.74 Å². The number of hydrogen-bond acceptors (Lipinski definition) is 4. The van der Waals surface area contributed by atoms with Gasteiger partial charge in [-0.2, -0.15) is 17.5 Å². The molecule has 1 amide bonds. The van der Waals surface area contributed by atoms with Gasteiger partial charge in [0.25, 0.3) is 0 Å². The molecule has 1 saturated heterocycles. The second-order valence-corrected chi connectivity index (χ2v) is 9.11. The van der Waals surface area contributed by atoms with Crippen molar-refractivity contribution in [3.05, 3.63) is 59.7 Å². The normalized spacial score (nSPS) is 15.7. The van der Waals surface area contributed by atoms with Crippen molar-refractivity contribution >= 4 is 15.9 Å². The van der Waals surface area contributed by atoms with E-state index in [9.17, 15) is 26.4 Å². The molecule has 31 heavy (non-hydrogen) atoms. The van der Waals surface area contributed by atoms with Gasteiger partial charge < -0.3 is 9.64 Å². The minimum atomic E-state index is -4.53. The zero-order valence-corrected chi connectivity index (χ0v) is 17.7. The Bertz CT molecular complexity index is 1020. The minimum absolute atomic E-state index is 0.0771. The van der Waals surface area contributed by atoms with Gasteiger partial charge in [-0.3, -0.25) is 4.79 Å². The number of carbonyl (C=O) groups excluding carboxylic acids is 1. The lowest BCUT2D eigenvalue weighted by molar-refractivity contribution is -0.137. The van der Waals surface area contributed by atoms with E-state index in [1.165, 1.54) is 4.31 Å². The second kappa shape index (κ2) is 9.27. The largest absolute Gasteiger partial charge is 0.493 e. The van der Waals surface area contributed by atoms with Gasteiger partial charge >= 0.3 is 6.18 Å². The summed E-state index contributed by atoms with van der Waals surface area (Å²) in [6.45, 7) is 2.70. The predicted molar refractivity (Wildman–Crippen MR) is 108 cm³/mol. The SMILES string of the molecule is Cc1ccccc1OCCC(=O)N1CCN(S(=O)(=O)c2ccc(C(F)(F)F)cc2)CC1. The third kappa shape index (κ3) is 5.56. The van der Waals surface area contributed by atoms with Gasteiger partial charge in [0.15, 0.2) is 0 Å². The Morgan fingerprint density at radius 3 is 2.19 bits per heavy atom. The monoisotopic (exact) mass is 456 g/mol. The van der Waals surface area contributed by atoms with Crippen molar-refractivity contribution < 1.29 is 31.1 Å². The molecule has 0 aromatic heterocycles. The number of rotatable bonds is 6. The maximum atomic E-state index is 12.7. The summed E-state index contributed by atoms with van der Waals surface area (Å²) < 4.78 is 70.3. The van der Waals surface area contributed by atoms with E-state index in [0.717, 1.165) is 29.8 Å². The van der Waals surface area contributed by atoms with E-state index in [2.05, 4.69) is 0 Å². The Balaban J connectivity index is 1.52. The van der Waals surface area contributed by atoms with Gasteiger partial charge in [-0.25, -0.2) is 8.42 Å². The molecule has 0 spiro atoms. The summed E-state index contributed by atoms with van der Waals surface area (Å²) in [6, 6.07) is 10.9. The molecule has 0 radical (unpaired) electrons. The lowest BCUT2D eigenvalue weighted by Crippen LogP contribution is -2.50. The molecule has 0 saturated carbocycles. The number of sulfonamides is 1. The maximum absolute atomic E-state index is 12.7. The maximum Gasteiger partial charge on any atom is 0.416 e. The van der Waals surface area contributed by atoms with Crippen LogP contribution in [0, 0.1) is 6.92 Å². The third-order valence-corrected chi connectivity index (χ3v) is 6.99. The van der Waals surface area contributed by atoms with E-state index in [1.807, 2.05) is 31.2 Å². The number of alkyl halides is 3. The van der Waals surface area contributed by atoms with E-state index < -0.39 is 21.8 Å². The lowest BCUT2D eigenvalue weighted by atomic mass is 10.2. The Morgan fingerprint density at radius 1 is 1.00 bits per heavy atom. The van der Waals surface area contributed by atoms with Crippen LogP contribution in [0.1, 0.15) is 17.5 Å². The molecule has 0 bridgehead atoms. The summed E-state index contributed by atoms with van der Waals surface area (Å²) >= 11 is 0. The summed E-state index contributed by atoms with van der Waals surface area (Å²) in [6.07, 6.45) is -4.36. The Labute approximate surface area is 179 Å². The first-order valence-electron chi connectivity index (χ1n) is 9.72. The Kier molecular flexibility index (Phi) is 6.90. The van der Waals surface area contributed by atoms with Crippen LogP contribution in [-0.4, -0.2) is 56.3 Å². The first-order valence-corrected chi connectivity index (χ1v) is 11.2. The molecule has 0 atom stereocenters. The highest BCUT2D eigenvalue weighted by Crippen LogP contribution is 2.30. The zero-order chi connectivity index (χ0) is 22.6. The fourth-order valence-corrected chi connectivity index (χ4v) is 4.69. The topological polar surface area (TPSA) is 66.9 Å². The van der Waals surface area contributed by atoms with Crippen molar-refractivity contribution in [1.82, 2.24) is 9.21 Å². The van der Waals surface area contributed by atoms with E-state index in [4.69, 9.17) is 4.74 Å². The van der Waals surface area contributed by atoms with Crippen LogP contribution in [0.2, 0.25) is 0 Å². The van der Waals surface area contributed by atoms with Crippen molar-refractivity contribution in [2.45, 2.75) is 24.4 Å². The van der Waals surface area contributed by atoms with Gasteiger partial charge in [0.05, 0.1) is 23.5 Å². The molecule has 0 aliphatic carbocycles. The molecular weight excluding hydrogens is 433 g/mol. The van der Waals surface area contributed by atoms with E-state index in [0.29, 0.717) is 5.75 Å². The highest BCUT2D eigenvalue weighted by atomic mass is 32.2. The summed E-state index contributed by atoms with van der Waals surface area (Å²) in [7, 11) is -3.93. The third-order valence-electron chi connectivity index (χ3n) is 5.08. The van der Waals surface area contributed by atoms with Crippen LogP contribution in [0.3, 0.4) is 0 Å². The molecule has 1 aliphatic heterocycles. The van der Waals surface area contributed by atoms with Crippen LogP contribution in [-0.2, 0) is 21.0 Å². The number of nitrogens with zero attached hydrogens (tertiary/aromatic N) is 2. The van der Waals surface area contributed by atoms with Crippen LogP contribution in [0.15, 0.2) is 53.4 Å². The molecule has 168 valence electrons. The molecule has 2 aromatic carbocycles. The van der Waals surface area contributed by atoms with Crippen molar-refractivity contribution in [3.8, 4) is 5.75 Å². The number of benzene rings is 2. The molecule has 2 aromatic rings. The number of piperazine rings is 1. The van der Waals surface area contributed by atoms with Crippen molar-refractivity contribution in [2.75, 3.05) is 32.8 Å². The smallest absolute Gasteiger partial charge is 0.416 e. The number of halogens is 3. The summed E-state index contributed by atoms with van der Waals surface area (Å²) in [5.74, 6) is 0.572. The average Bonchev–Trinajstić information content (AvgIpc) is 2.74. The van der Waals surface area contributed by atoms with E-state index in [-0.39, 0.29) is 50.0 Å². The number of para-hydroxylation sites is 1. The van der Waals surface area contributed by atoms with Gasteiger partial charge in [0, 0.05) is 26.2 Å². The number of aryl methyl sites for hydroxylation is 1. The highest BCUT2D eigenvalue weighted by Gasteiger charge is 2.33. The molecule has 1 heterocycles. The van der Waals surface area contributed by atoms with Crippen molar-refractivity contribution in [3.63, 3.8) is 0 Å². The number of ether oxygens (including phenoxy) is 1. The van der Waals surface area contributed by atoms with Crippen LogP contribution in [0.4, 0.5) is 13.2 Å². The highest BCUT2D eigenvalue weighted by molar-refractivity contribution is 7.89. The van der Waals surface area contributed by atoms with E-state index >= 15 is 0 Å². The minimum Gasteiger partial charge on any atom is -0.493 e. The van der Waals surface area contributed by atoms with Crippen LogP contribution in [0.25, 0.3) is 0 Å². The second-order valence-electron chi connectivity index (χ2n) is 7.17. The predicted octanol–water partition coefficient (Wildman–Crippen LogP) is 3.32. The molecular formula is C21H23F3N2O4S. The molecule has 0 N–H and O–H groups in total. The number of carbonyl (C=O) groups is 1. The van der Waals surface area contributed by atoms with Crippen molar-refractivity contribution in [1.29, 1.82) is 0 Å².